The van der Waals surface area contributed by atoms with Crippen molar-refractivity contribution >= 4 is 22.6 Å². The monoisotopic (exact) mass is 364 g/mol. The molecule has 0 N–H and O–H groups in total. The summed E-state index contributed by atoms with van der Waals surface area (Å²) in [5, 5.41) is 4.03. The van der Waals surface area contributed by atoms with Gasteiger partial charge in [0, 0.05) is 34.0 Å². The van der Waals surface area contributed by atoms with Crippen molar-refractivity contribution in [2.75, 3.05) is 0 Å². The highest BCUT2D eigenvalue weighted by atomic mass is 127. The molecule has 0 amide bonds. The van der Waals surface area contributed by atoms with Gasteiger partial charge in [-0.25, -0.2) is 8.78 Å². The molecule has 0 aliphatic carbocycles. The summed E-state index contributed by atoms with van der Waals surface area (Å²) in [6.45, 7) is 0.0931. The Labute approximate surface area is 117 Å². The Kier molecular flexibility index (Phi) is 4.15. The first-order valence-electron chi connectivity index (χ1n) is 5.26. The largest absolute Gasteiger partial charge is 0.472 e. The van der Waals surface area contributed by atoms with Crippen LogP contribution in [-0.4, -0.2) is 9.78 Å². The molecule has 18 heavy (non-hydrogen) atoms. The van der Waals surface area contributed by atoms with Crippen LogP contribution in [0, 0.1) is 3.57 Å². The van der Waals surface area contributed by atoms with Gasteiger partial charge in [-0.1, -0.05) is 12.1 Å². The number of ether oxygens (including phenoxy) is 1. The van der Waals surface area contributed by atoms with E-state index in [1.54, 1.807) is 36.1 Å². The second-order valence-corrected chi connectivity index (χ2v) is 4.89. The van der Waals surface area contributed by atoms with E-state index in [0.717, 1.165) is 3.57 Å². The third-order valence-corrected chi connectivity index (χ3v) is 3.45. The van der Waals surface area contributed by atoms with Gasteiger partial charge in [-0.2, -0.15) is 0 Å². The van der Waals surface area contributed by atoms with Crippen LogP contribution >= 0.6 is 22.6 Å². The molecule has 0 radical (unpaired) electrons. The Bertz CT molecular complexity index is 543. The summed E-state index contributed by atoms with van der Waals surface area (Å²) in [5.41, 5.74) is 0.525. The number of aromatic nitrogens is 2. The predicted octanol–water partition coefficient (Wildman–Crippen LogP) is 3.54. The molecule has 6 heteroatoms. The molecule has 0 atom stereocenters. The standard InChI is InChI=1S/C12H11F2IN2O/c1-17-6-5-11(16-17)18-7-9-8(12(13)14)3-2-4-10(9)15/h2-6,12H,7H2,1H3. The number of nitrogens with zero attached hydrogens (tertiary/aromatic N) is 2. The lowest BCUT2D eigenvalue weighted by Crippen LogP contribution is -2.04. The Hall–Kier alpha value is -1.18. The number of benzene rings is 1. The fraction of sp³-hybridized carbons (Fsp3) is 0.250. The van der Waals surface area contributed by atoms with Gasteiger partial charge in [0.1, 0.15) is 6.61 Å². The highest BCUT2D eigenvalue weighted by Gasteiger charge is 2.15. The van der Waals surface area contributed by atoms with Gasteiger partial charge < -0.3 is 4.74 Å². The average Bonchev–Trinajstić information content (AvgIpc) is 2.73. The zero-order valence-electron chi connectivity index (χ0n) is 9.61. The number of aryl methyl sites for hydroxylation is 1. The van der Waals surface area contributed by atoms with Crippen molar-refractivity contribution in [2.24, 2.45) is 7.05 Å². The van der Waals surface area contributed by atoms with Crippen LogP contribution in [0.15, 0.2) is 30.5 Å². The van der Waals surface area contributed by atoms with E-state index in [0.29, 0.717) is 11.4 Å². The maximum absolute atomic E-state index is 12.9. The number of alkyl halides is 2. The Morgan fingerprint density at radius 3 is 2.78 bits per heavy atom. The SMILES string of the molecule is Cn1ccc(OCc2c(I)cccc2C(F)F)n1. The van der Waals surface area contributed by atoms with Crippen molar-refractivity contribution in [3.63, 3.8) is 0 Å². The van der Waals surface area contributed by atoms with Gasteiger partial charge in [0.15, 0.2) is 0 Å². The van der Waals surface area contributed by atoms with Gasteiger partial charge in [0.25, 0.3) is 6.43 Å². The van der Waals surface area contributed by atoms with Gasteiger partial charge >= 0.3 is 0 Å². The second-order valence-electron chi connectivity index (χ2n) is 3.72. The molecule has 0 bridgehead atoms. The molecule has 0 saturated heterocycles. The van der Waals surface area contributed by atoms with Crippen LogP contribution in [0.1, 0.15) is 17.6 Å². The molecule has 0 aliphatic heterocycles. The quantitative estimate of drug-likeness (QED) is 0.777. The second kappa shape index (κ2) is 5.64. The summed E-state index contributed by atoms with van der Waals surface area (Å²) in [4.78, 5) is 0. The molecule has 1 aromatic carbocycles. The first-order chi connectivity index (χ1) is 8.58. The minimum absolute atomic E-state index is 0.0119. The summed E-state index contributed by atoms with van der Waals surface area (Å²) in [6, 6.07) is 6.51. The fourth-order valence-electron chi connectivity index (χ4n) is 1.55. The minimum Gasteiger partial charge on any atom is -0.472 e. The van der Waals surface area contributed by atoms with Gasteiger partial charge in [-0.15, -0.1) is 5.10 Å². The van der Waals surface area contributed by atoms with Crippen molar-refractivity contribution in [1.29, 1.82) is 0 Å². The molecule has 1 heterocycles. The van der Waals surface area contributed by atoms with Gasteiger partial charge in [-0.3, -0.25) is 4.68 Å². The van der Waals surface area contributed by atoms with Gasteiger partial charge in [0.05, 0.1) is 0 Å². The maximum atomic E-state index is 12.9. The van der Waals surface area contributed by atoms with Gasteiger partial charge in [0.2, 0.25) is 5.88 Å². The maximum Gasteiger partial charge on any atom is 0.264 e. The number of hydrogen-bond acceptors (Lipinski definition) is 2. The van der Waals surface area contributed by atoms with Crippen LogP contribution in [-0.2, 0) is 13.7 Å². The molecule has 0 aliphatic rings. The van der Waals surface area contributed by atoms with Crippen LogP contribution in [0.5, 0.6) is 5.88 Å². The Balaban J connectivity index is 2.18. The van der Waals surface area contributed by atoms with Crippen LogP contribution in [0.2, 0.25) is 0 Å². The van der Waals surface area contributed by atoms with Gasteiger partial charge in [-0.05, 0) is 28.7 Å². The molecule has 2 rings (SSSR count). The smallest absolute Gasteiger partial charge is 0.264 e. The zero-order valence-corrected chi connectivity index (χ0v) is 11.8. The van der Waals surface area contributed by atoms with E-state index >= 15 is 0 Å². The fourth-order valence-corrected chi connectivity index (χ4v) is 2.22. The summed E-state index contributed by atoms with van der Waals surface area (Å²) in [7, 11) is 1.77. The van der Waals surface area contributed by atoms with Crippen molar-refractivity contribution < 1.29 is 13.5 Å². The average molecular weight is 364 g/mol. The molecule has 0 unspecified atom stereocenters. The lowest BCUT2D eigenvalue weighted by Gasteiger charge is -2.11. The topological polar surface area (TPSA) is 27.1 Å². The summed E-state index contributed by atoms with van der Waals surface area (Å²) >= 11 is 2.03. The molecular formula is C12H11F2IN2O. The van der Waals surface area contributed by atoms with E-state index < -0.39 is 6.43 Å². The third kappa shape index (κ3) is 2.98. The molecular weight excluding hydrogens is 353 g/mol. The van der Waals surface area contributed by atoms with Crippen molar-refractivity contribution in [3.8, 4) is 5.88 Å². The molecule has 1 aromatic heterocycles. The van der Waals surface area contributed by atoms with E-state index in [9.17, 15) is 8.78 Å². The predicted molar refractivity (Wildman–Crippen MR) is 71.7 cm³/mol. The number of hydrogen-bond donors (Lipinski definition) is 0. The van der Waals surface area contributed by atoms with Crippen molar-refractivity contribution in [3.05, 3.63) is 45.2 Å². The zero-order chi connectivity index (χ0) is 13.1. The summed E-state index contributed by atoms with van der Waals surface area (Å²) in [5.74, 6) is 0.428. The highest BCUT2D eigenvalue weighted by Crippen LogP contribution is 2.27. The van der Waals surface area contributed by atoms with E-state index in [4.69, 9.17) is 4.74 Å². The third-order valence-electron chi connectivity index (χ3n) is 2.44. The summed E-state index contributed by atoms with van der Waals surface area (Å²) in [6.07, 6.45) is -0.763. The summed E-state index contributed by atoms with van der Waals surface area (Å²) < 4.78 is 33.5. The first-order valence-corrected chi connectivity index (χ1v) is 6.33. The first kappa shape index (κ1) is 13.3. The van der Waals surface area contributed by atoms with Crippen molar-refractivity contribution in [1.82, 2.24) is 9.78 Å². The number of halogens is 3. The van der Waals surface area contributed by atoms with Crippen LogP contribution in [0.25, 0.3) is 0 Å². The molecule has 0 fully saturated rings. The lowest BCUT2D eigenvalue weighted by molar-refractivity contribution is 0.147. The molecule has 0 spiro atoms. The normalized spacial score (nSPS) is 10.9. The molecule has 0 saturated carbocycles. The van der Waals surface area contributed by atoms with Crippen molar-refractivity contribution in [2.45, 2.75) is 13.0 Å². The van der Waals surface area contributed by atoms with E-state index in [-0.39, 0.29) is 12.2 Å². The van der Waals surface area contributed by atoms with E-state index in [2.05, 4.69) is 5.10 Å². The molecule has 2 aromatic rings. The van der Waals surface area contributed by atoms with Crippen LogP contribution in [0.4, 0.5) is 8.78 Å². The highest BCUT2D eigenvalue weighted by molar-refractivity contribution is 14.1. The van der Waals surface area contributed by atoms with Crippen LogP contribution in [0.3, 0.4) is 0 Å². The van der Waals surface area contributed by atoms with E-state index in [1.807, 2.05) is 22.6 Å². The molecule has 3 nitrogen and oxygen atoms in total. The van der Waals surface area contributed by atoms with E-state index in [1.165, 1.54) is 6.07 Å². The Morgan fingerprint density at radius 2 is 2.17 bits per heavy atom. The Morgan fingerprint density at radius 1 is 1.39 bits per heavy atom. The lowest BCUT2D eigenvalue weighted by atomic mass is 10.1. The number of rotatable bonds is 4. The van der Waals surface area contributed by atoms with Crippen LogP contribution < -0.4 is 4.74 Å². The minimum atomic E-state index is -2.50. The molecule has 96 valence electrons.